The molecule has 1 aromatic heterocycles. The summed E-state index contributed by atoms with van der Waals surface area (Å²) in [7, 11) is 0. The predicted octanol–water partition coefficient (Wildman–Crippen LogP) is 2.87. The first-order valence-electron chi connectivity index (χ1n) is 5.88. The zero-order valence-electron chi connectivity index (χ0n) is 9.98. The smallest absolute Gasteiger partial charge is 0.273 e. The molecule has 1 atom stereocenters. The van der Waals surface area contributed by atoms with E-state index in [0.29, 0.717) is 5.82 Å². The van der Waals surface area contributed by atoms with Gasteiger partial charge >= 0.3 is 0 Å². The Morgan fingerprint density at radius 1 is 1.16 bits per heavy atom. The lowest BCUT2D eigenvalue weighted by atomic mass is 9.99. The molecule has 3 rings (SSSR count). The van der Waals surface area contributed by atoms with Crippen LogP contribution < -0.4 is 5.32 Å². The Kier molecular flexibility index (Phi) is 2.72. The maximum absolute atomic E-state index is 11.2. The van der Waals surface area contributed by atoms with E-state index in [-0.39, 0.29) is 10.6 Å². The Morgan fingerprint density at radius 2 is 1.95 bits per heavy atom. The van der Waals surface area contributed by atoms with Crippen molar-refractivity contribution >= 4 is 11.9 Å². The molecule has 1 N–H and O–H groups in total. The molecule has 1 unspecified atom stereocenters. The van der Waals surface area contributed by atoms with E-state index in [1.807, 2.05) is 30.3 Å². The van der Waals surface area contributed by atoms with E-state index in [0.717, 1.165) is 11.1 Å². The molecule has 0 radical (unpaired) electrons. The molecule has 1 aliphatic heterocycles. The van der Waals surface area contributed by atoms with Crippen LogP contribution in [-0.4, -0.2) is 9.91 Å². The molecule has 1 aromatic carbocycles. The number of nitro groups is 1. The zero-order valence-corrected chi connectivity index (χ0v) is 9.98. The topological polar surface area (TPSA) is 68.1 Å². The van der Waals surface area contributed by atoms with E-state index in [2.05, 4.69) is 10.3 Å². The second kappa shape index (κ2) is 4.53. The largest absolute Gasteiger partial charge is 0.353 e. The van der Waals surface area contributed by atoms with Crippen molar-refractivity contribution in [2.24, 2.45) is 0 Å². The molecule has 1 aliphatic rings. The van der Waals surface area contributed by atoms with Gasteiger partial charge in [0.2, 0.25) is 0 Å². The van der Waals surface area contributed by atoms with Crippen LogP contribution in [0.1, 0.15) is 17.2 Å². The second-order valence-electron chi connectivity index (χ2n) is 4.26. The fourth-order valence-corrected chi connectivity index (χ4v) is 2.17. The zero-order chi connectivity index (χ0) is 13.2. The third kappa shape index (κ3) is 2.06. The summed E-state index contributed by atoms with van der Waals surface area (Å²) in [5.41, 5.74) is 1.72. The Hall–Kier alpha value is -2.69. The standard InChI is InChI=1S/C14H11N3O2/c18-17(19)12-9-11-7-4-8-15-14(11)16-13(12)10-5-2-1-3-6-10/h1-9,13H,(H,15,16). The molecular formula is C14H11N3O2. The third-order valence-electron chi connectivity index (χ3n) is 3.06. The Balaban J connectivity index is 2.10. The van der Waals surface area contributed by atoms with Gasteiger partial charge < -0.3 is 5.32 Å². The van der Waals surface area contributed by atoms with Gasteiger partial charge in [0, 0.05) is 17.8 Å². The summed E-state index contributed by atoms with van der Waals surface area (Å²) >= 11 is 0. The fourth-order valence-electron chi connectivity index (χ4n) is 2.17. The van der Waals surface area contributed by atoms with Crippen LogP contribution in [-0.2, 0) is 0 Å². The van der Waals surface area contributed by atoms with Gasteiger partial charge in [-0.3, -0.25) is 10.1 Å². The van der Waals surface area contributed by atoms with Gasteiger partial charge in [-0.25, -0.2) is 4.98 Å². The quantitative estimate of drug-likeness (QED) is 0.660. The van der Waals surface area contributed by atoms with Crippen molar-refractivity contribution in [3.8, 4) is 0 Å². The van der Waals surface area contributed by atoms with E-state index in [1.54, 1.807) is 24.4 Å². The molecule has 0 spiro atoms. The van der Waals surface area contributed by atoms with Gasteiger partial charge in [0.05, 0.1) is 4.92 Å². The van der Waals surface area contributed by atoms with Crippen molar-refractivity contribution in [3.05, 3.63) is 75.6 Å². The summed E-state index contributed by atoms with van der Waals surface area (Å²) in [4.78, 5) is 15.1. The van der Waals surface area contributed by atoms with Gasteiger partial charge in [-0.05, 0) is 17.7 Å². The Labute approximate surface area is 109 Å². The first kappa shape index (κ1) is 11.4. The van der Waals surface area contributed by atoms with Crippen molar-refractivity contribution in [2.75, 3.05) is 5.32 Å². The van der Waals surface area contributed by atoms with Gasteiger partial charge in [-0.1, -0.05) is 30.3 Å². The van der Waals surface area contributed by atoms with Crippen LogP contribution in [0, 0.1) is 10.1 Å². The van der Waals surface area contributed by atoms with Crippen LogP contribution in [0.5, 0.6) is 0 Å². The number of anilines is 1. The number of hydrogen-bond acceptors (Lipinski definition) is 4. The lowest BCUT2D eigenvalue weighted by molar-refractivity contribution is -0.427. The maximum Gasteiger partial charge on any atom is 0.273 e. The van der Waals surface area contributed by atoms with Crippen molar-refractivity contribution in [1.82, 2.24) is 4.98 Å². The first-order chi connectivity index (χ1) is 9.25. The minimum absolute atomic E-state index is 0.131. The molecular weight excluding hydrogens is 242 g/mol. The molecule has 0 saturated carbocycles. The molecule has 5 heteroatoms. The third-order valence-corrected chi connectivity index (χ3v) is 3.06. The molecule has 0 fully saturated rings. The second-order valence-corrected chi connectivity index (χ2v) is 4.26. The highest BCUT2D eigenvalue weighted by molar-refractivity contribution is 5.69. The number of aromatic nitrogens is 1. The Morgan fingerprint density at radius 3 is 2.68 bits per heavy atom. The fraction of sp³-hybridized carbons (Fsp3) is 0.0714. The molecule has 94 valence electrons. The summed E-state index contributed by atoms with van der Waals surface area (Å²) in [5.74, 6) is 0.668. The van der Waals surface area contributed by atoms with Crippen LogP contribution in [0.15, 0.2) is 54.4 Å². The summed E-state index contributed by atoms with van der Waals surface area (Å²) in [5, 5.41) is 14.3. The van der Waals surface area contributed by atoms with E-state index in [1.165, 1.54) is 0 Å². The van der Waals surface area contributed by atoms with E-state index < -0.39 is 6.04 Å². The van der Waals surface area contributed by atoms with Gasteiger partial charge in [-0.15, -0.1) is 0 Å². The van der Waals surface area contributed by atoms with Crippen molar-refractivity contribution < 1.29 is 4.92 Å². The Bertz CT molecular complexity index is 653. The molecule has 0 saturated heterocycles. The number of fused-ring (bicyclic) bond motifs is 1. The number of hydrogen-bond donors (Lipinski definition) is 1. The summed E-state index contributed by atoms with van der Waals surface area (Å²) in [6.07, 6.45) is 3.25. The summed E-state index contributed by atoms with van der Waals surface area (Å²) in [6.45, 7) is 0. The number of nitrogens with one attached hydrogen (secondary N) is 1. The van der Waals surface area contributed by atoms with Gasteiger partial charge in [0.1, 0.15) is 11.9 Å². The number of benzene rings is 1. The minimum Gasteiger partial charge on any atom is -0.353 e. The van der Waals surface area contributed by atoms with Crippen LogP contribution in [0.3, 0.4) is 0 Å². The average Bonchev–Trinajstić information content (AvgIpc) is 2.46. The van der Waals surface area contributed by atoms with Crippen molar-refractivity contribution in [1.29, 1.82) is 0 Å². The highest BCUT2D eigenvalue weighted by Crippen LogP contribution is 2.33. The van der Waals surface area contributed by atoms with E-state index in [4.69, 9.17) is 0 Å². The predicted molar refractivity (Wildman–Crippen MR) is 72.0 cm³/mol. The molecule has 19 heavy (non-hydrogen) atoms. The lowest BCUT2D eigenvalue weighted by Gasteiger charge is -2.22. The number of pyridine rings is 1. The van der Waals surface area contributed by atoms with Gasteiger partial charge in [-0.2, -0.15) is 0 Å². The lowest BCUT2D eigenvalue weighted by Crippen LogP contribution is -2.22. The molecule has 0 bridgehead atoms. The summed E-state index contributed by atoms with van der Waals surface area (Å²) < 4.78 is 0. The highest BCUT2D eigenvalue weighted by atomic mass is 16.6. The number of nitrogens with zero attached hydrogens (tertiary/aromatic N) is 2. The van der Waals surface area contributed by atoms with Crippen LogP contribution in [0.25, 0.3) is 6.08 Å². The normalized spacial score (nSPS) is 17.1. The summed E-state index contributed by atoms with van der Waals surface area (Å²) in [6, 6.07) is 12.4. The molecule has 2 heterocycles. The van der Waals surface area contributed by atoms with Gasteiger partial charge in [0.25, 0.3) is 5.70 Å². The molecule has 2 aromatic rings. The van der Waals surface area contributed by atoms with Crippen LogP contribution in [0.4, 0.5) is 5.82 Å². The average molecular weight is 253 g/mol. The van der Waals surface area contributed by atoms with E-state index in [9.17, 15) is 10.1 Å². The number of rotatable bonds is 2. The molecule has 5 nitrogen and oxygen atoms in total. The monoisotopic (exact) mass is 253 g/mol. The van der Waals surface area contributed by atoms with E-state index >= 15 is 0 Å². The minimum atomic E-state index is -0.474. The maximum atomic E-state index is 11.2. The van der Waals surface area contributed by atoms with Gasteiger partial charge in [0.15, 0.2) is 0 Å². The molecule has 0 aliphatic carbocycles. The van der Waals surface area contributed by atoms with Crippen molar-refractivity contribution in [2.45, 2.75) is 6.04 Å². The van der Waals surface area contributed by atoms with Crippen LogP contribution >= 0.6 is 0 Å². The SMILES string of the molecule is O=[N+]([O-])C1=Cc2cccnc2NC1c1ccccc1. The van der Waals surface area contributed by atoms with Crippen molar-refractivity contribution in [3.63, 3.8) is 0 Å². The molecule has 0 amide bonds. The highest BCUT2D eigenvalue weighted by Gasteiger charge is 2.31. The first-order valence-corrected chi connectivity index (χ1v) is 5.88. The van der Waals surface area contributed by atoms with Crippen LogP contribution in [0.2, 0.25) is 0 Å².